The molecule has 2 N–H and O–H groups in total. The number of nitrogens with one attached hydrogen (secondary N) is 2. The Morgan fingerprint density at radius 3 is 2.44 bits per heavy atom. The molecule has 2 amide bonds. The smallest absolute Gasteiger partial charge is 0.313 e. The first-order valence-electron chi connectivity index (χ1n) is 10.6. The predicted molar refractivity (Wildman–Crippen MR) is 120 cm³/mol. The molecular formula is C23H28N4O5. The van der Waals surface area contributed by atoms with Crippen LogP contribution in [0.4, 0.5) is 11.4 Å². The van der Waals surface area contributed by atoms with Crippen LogP contribution in [0.25, 0.3) is 0 Å². The van der Waals surface area contributed by atoms with Crippen LogP contribution in [0.2, 0.25) is 0 Å². The number of hydrogen-bond donors (Lipinski definition) is 2. The molecule has 1 saturated heterocycles. The average molecular weight is 441 g/mol. The minimum Gasteiger partial charge on any atom is -0.454 e. The summed E-state index contributed by atoms with van der Waals surface area (Å²) < 4.78 is 16.0. The van der Waals surface area contributed by atoms with E-state index in [1.54, 1.807) is 18.2 Å². The van der Waals surface area contributed by atoms with Crippen LogP contribution in [0.15, 0.2) is 42.5 Å². The standard InChI is InChI=1S/C23H28N4O5/c1-26(2)18-6-3-16(4-7-18)19(27-9-11-30-12-10-27)14-24-22(28)23(29)25-17-5-8-20-21(13-17)32-15-31-20/h3-8,13,19H,9-12,14-15H2,1-2H3,(H,24,28)(H,25,29)/t19-/m0/s1. The molecule has 2 aliphatic heterocycles. The van der Waals surface area contributed by atoms with Crippen molar-refractivity contribution in [3.8, 4) is 11.5 Å². The maximum Gasteiger partial charge on any atom is 0.313 e. The van der Waals surface area contributed by atoms with E-state index in [4.69, 9.17) is 14.2 Å². The largest absolute Gasteiger partial charge is 0.454 e. The van der Waals surface area contributed by atoms with Gasteiger partial charge < -0.3 is 29.7 Å². The van der Waals surface area contributed by atoms with Gasteiger partial charge in [-0.25, -0.2) is 0 Å². The van der Waals surface area contributed by atoms with Gasteiger partial charge >= 0.3 is 11.8 Å². The van der Waals surface area contributed by atoms with Crippen molar-refractivity contribution >= 4 is 23.2 Å². The number of rotatable bonds is 6. The number of carbonyl (C=O) groups excluding carboxylic acids is 2. The highest BCUT2D eigenvalue weighted by Crippen LogP contribution is 2.34. The van der Waals surface area contributed by atoms with Crippen molar-refractivity contribution in [1.29, 1.82) is 0 Å². The molecule has 4 rings (SSSR count). The Labute approximate surface area is 187 Å². The fourth-order valence-corrected chi connectivity index (χ4v) is 3.77. The van der Waals surface area contributed by atoms with Gasteiger partial charge in [-0.3, -0.25) is 14.5 Å². The Kier molecular flexibility index (Phi) is 6.77. The molecule has 0 aromatic heterocycles. The summed E-state index contributed by atoms with van der Waals surface area (Å²) in [7, 11) is 3.99. The molecule has 2 heterocycles. The number of benzene rings is 2. The lowest BCUT2D eigenvalue weighted by atomic mass is 10.0. The van der Waals surface area contributed by atoms with Gasteiger partial charge in [0.2, 0.25) is 6.79 Å². The first kappa shape index (κ1) is 21.9. The zero-order chi connectivity index (χ0) is 22.5. The molecule has 0 spiro atoms. The number of nitrogens with zero attached hydrogens (tertiary/aromatic N) is 2. The monoisotopic (exact) mass is 440 g/mol. The molecule has 2 aromatic rings. The minimum absolute atomic E-state index is 0.0580. The molecule has 0 bridgehead atoms. The number of anilines is 2. The average Bonchev–Trinajstić information content (AvgIpc) is 3.28. The van der Waals surface area contributed by atoms with E-state index in [0.717, 1.165) is 24.3 Å². The van der Waals surface area contributed by atoms with Crippen LogP contribution in [0.3, 0.4) is 0 Å². The Hall–Kier alpha value is -3.30. The van der Waals surface area contributed by atoms with Gasteiger partial charge in [-0.15, -0.1) is 0 Å². The van der Waals surface area contributed by atoms with Crippen molar-refractivity contribution in [3.63, 3.8) is 0 Å². The van der Waals surface area contributed by atoms with E-state index in [9.17, 15) is 9.59 Å². The van der Waals surface area contributed by atoms with Crippen LogP contribution < -0.4 is 25.0 Å². The second-order valence-electron chi connectivity index (χ2n) is 7.88. The zero-order valence-corrected chi connectivity index (χ0v) is 18.3. The molecule has 1 atom stereocenters. The van der Waals surface area contributed by atoms with E-state index in [-0.39, 0.29) is 12.8 Å². The molecule has 2 aromatic carbocycles. The molecule has 1 fully saturated rings. The van der Waals surface area contributed by atoms with E-state index >= 15 is 0 Å². The second kappa shape index (κ2) is 9.88. The van der Waals surface area contributed by atoms with E-state index < -0.39 is 11.8 Å². The summed E-state index contributed by atoms with van der Waals surface area (Å²) in [5, 5.41) is 5.40. The molecule has 170 valence electrons. The van der Waals surface area contributed by atoms with Gasteiger partial charge in [0.1, 0.15) is 0 Å². The molecule has 32 heavy (non-hydrogen) atoms. The summed E-state index contributed by atoms with van der Waals surface area (Å²) in [5.41, 5.74) is 2.65. The summed E-state index contributed by atoms with van der Waals surface area (Å²) in [6.07, 6.45) is 0. The number of carbonyl (C=O) groups is 2. The van der Waals surface area contributed by atoms with Crippen molar-refractivity contribution in [2.75, 3.05) is 64.0 Å². The minimum atomic E-state index is -0.729. The molecule has 0 aliphatic carbocycles. The SMILES string of the molecule is CN(C)c1ccc([C@H](CNC(=O)C(=O)Nc2ccc3c(c2)OCO3)N2CCOCC2)cc1. The second-order valence-corrected chi connectivity index (χ2v) is 7.88. The summed E-state index contributed by atoms with van der Waals surface area (Å²) >= 11 is 0. The van der Waals surface area contributed by atoms with Crippen molar-refractivity contribution in [3.05, 3.63) is 48.0 Å². The Morgan fingerprint density at radius 1 is 1.00 bits per heavy atom. The third-order valence-electron chi connectivity index (χ3n) is 5.57. The topological polar surface area (TPSA) is 92.4 Å². The van der Waals surface area contributed by atoms with Crippen LogP contribution >= 0.6 is 0 Å². The van der Waals surface area contributed by atoms with E-state index in [1.165, 1.54) is 0 Å². The quantitative estimate of drug-likeness (QED) is 0.660. The number of morpholine rings is 1. The normalized spacial score (nSPS) is 16.3. The molecule has 0 radical (unpaired) electrons. The van der Waals surface area contributed by atoms with Gasteiger partial charge in [0, 0.05) is 51.2 Å². The molecular weight excluding hydrogens is 412 g/mol. The van der Waals surface area contributed by atoms with E-state index in [2.05, 4.69) is 39.8 Å². The van der Waals surface area contributed by atoms with Crippen LogP contribution in [0.5, 0.6) is 11.5 Å². The van der Waals surface area contributed by atoms with Gasteiger partial charge in [-0.1, -0.05) is 12.1 Å². The number of ether oxygens (including phenoxy) is 3. The molecule has 9 nitrogen and oxygen atoms in total. The first-order chi connectivity index (χ1) is 15.5. The highest BCUT2D eigenvalue weighted by molar-refractivity contribution is 6.39. The number of amides is 2. The van der Waals surface area contributed by atoms with Gasteiger partial charge in [0.05, 0.1) is 19.3 Å². The third kappa shape index (κ3) is 5.12. The molecule has 0 unspecified atom stereocenters. The first-order valence-corrected chi connectivity index (χ1v) is 10.6. The third-order valence-corrected chi connectivity index (χ3v) is 5.57. The van der Waals surface area contributed by atoms with Crippen molar-refractivity contribution in [2.45, 2.75) is 6.04 Å². The maximum atomic E-state index is 12.5. The van der Waals surface area contributed by atoms with Crippen molar-refractivity contribution < 1.29 is 23.8 Å². The fourth-order valence-electron chi connectivity index (χ4n) is 3.77. The van der Waals surface area contributed by atoms with Gasteiger partial charge in [-0.05, 0) is 29.8 Å². The lowest BCUT2D eigenvalue weighted by molar-refractivity contribution is -0.136. The van der Waals surface area contributed by atoms with Gasteiger partial charge in [-0.2, -0.15) is 0 Å². The van der Waals surface area contributed by atoms with E-state index in [1.807, 2.05) is 19.0 Å². The Morgan fingerprint density at radius 2 is 1.72 bits per heavy atom. The number of fused-ring (bicyclic) bond motifs is 1. The molecule has 9 heteroatoms. The summed E-state index contributed by atoms with van der Waals surface area (Å²) in [4.78, 5) is 29.2. The van der Waals surface area contributed by atoms with Crippen molar-refractivity contribution in [2.24, 2.45) is 0 Å². The summed E-state index contributed by atoms with van der Waals surface area (Å²) in [6.45, 7) is 3.27. The van der Waals surface area contributed by atoms with Crippen LogP contribution in [-0.2, 0) is 14.3 Å². The molecule has 0 saturated carbocycles. The Bertz CT molecular complexity index is 957. The predicted octanol–water partition coefficient (Wildman–Crippen LogP) is 1.61. The summed E-state index contributed by atoms with van der Waals surface area (Å²) in [5.74, 6) is -0.267. The van der Waals surface area contributed by atoms with Crippen molar-refractivity contribution in [1.82, 2.24) is 10.2 Å². The zero-order valence-electron chi connectivity index (χ0n) is 18.3. The van der Waals surface area contributed by atoms with Crippen LogP contribution in [-0.4, -0.2) is 70.5 Å². The van der Waals surface area contributed by atoms with E-state index in [0.29, 0.717) is 36.9 Å². The lowest BCUT2D eigenvalue weighted by Crippen LogP contribution is -2.45. The maximum absolute atomic E-state index is 12.5. The van der Waals surface area contributed by atoms with Gasteiger partial charge in [0.25, 0.3) is 0 Å². The highest BCUT2D eigenvalue weighted by Gasteiger charge is 2.25. The molecule has 2 aliphatic rings. The highest BCUT2D eigenvalue weighted by atomic mass is 16.7. The van der Waals surface area contributed by atoms with Crippen LogP contribution in [0.1, 0.15) is 11.6 Å². The Balaban J connectivity index is 1.40. The van der Waals surface area contributed by atoms with Gasteiger partial charge in [0.15, 0.2) is 11.5 Å². The fraction of sp³-hybridized carbons (Fsp3) is 0.391. The number of hydrogen-bond acceptors (Lipinski definition) is 7. The summed E-state index contributed by atoms with van der Waals surface area (Å²) in [6, 6.07) is 13.2. The lowest BCUT2D eigenvalue weighted by Gasteiger charge is -2.35. The van der Waals surface area contributed by atoms with Crippen LogP contribution in [0, 0.1) is 0 Å².